The highest BCUT2D eigenvalue weighted by atomic mass is 15.3. The van der Waals surface area contributed by atoms with Crippen LogP contribution >= 0.6 is 0 Å². The fraction of sp³-hybridized carbons (Fsp3) is 0.579. The molecule has 2 aliphatic rings. The van der Waals surface area contributed by atoms with Crippen LogP contribution in [0.5, 0.6) is 0 Å². The lowest BCUT2D eigenvalue weighted by molar-refractivity contribution is 0.0980. The molecule has 3 nitrogen and oxygen atoms in total. The first-order chi connectivity index (χ1) is 10.4. The summed E-state index contributed by atoms with van der Waals surface area (Å²) in [5, 5.41) is 3.65. The summed E-state index contributed by atoms with van der Waals surface area (Å²) in [4.78, 5) is 4.64. The molecule has 0 aromatic carbocycles. The summed E-state index contributed by atoms with van der Waals surface area (Å²) >= 11 is 0. The zero-order chi connectivity index (χ0) is 16.4. The van der Waals surface area contributed by atoms with Gasteiger partial charge >= 0.3 is 0 Å². The smallest absolute Gasteiger partial charge is 0.0941 e. The van der Waals surface area contributed by atoms with E-state index in [2.05, 4.69) is 74.6 Å². The van der Waals surface area contributed by atoms with Crippen LogP contribution in [-0.4, -0.2) is 48.6 Å². The van der Waals surface area contributed by atoms with Crippen LogP contribution in [0.2, 0.25) is 0 Å². The Bertz CT molecular complexity index is 491. The van der Waals surface area contributed by atoms with E-state index in [1.807, 2.05) is 6.08 Å². The molecule has 0 aromatic heterocycles. The quantitative estimate of drug-likeness (QED) is 0.804. The Kier molecular flexibility index (Phi) is 4.86. The Morgan fingerprint density at radius 2 is 1.91 bits per heavy atom. The van der Waals surface area contributed by atoms with Gasteiger partial charge in [0.25, 0.3) is 0 Å². The molecule has 1 N–H and O–H groups in total. The lowest BCUT2D eigenvalue weighted by atomic mass is 9.68. The molecule has 1 aliphatic heterocycles. The van der Waals surface area contributed by atoms with Gasteiger partial charge in [-0.3, -0.25) is 4.90 Å². The summed E-state index contributed by atoms with van der Waals surface area (Å²) in [5.41, 5.74) is 1.69. The van der Waals surface area contributed by atoms with Gasteiger partial charge in [0.2, 0.25) is 0 Å². The largest absolute Gasteiger partial charge is 0.365 e. The minimum Gasteiger partial charge on any atom is -0.365 e. The molecule has 0 unspecified atom stereocenters. The van der Waals surface area contributed by atoms with Gasteiger partial charge in [-0.2, -0.15) is 0 Å². The van der Waals surface area contributed by atoms with Crippen molar-refractivity contribution in [1.29, 1.82) is 0 Å². The van der Waals surface area contributed by atoms with Gasteiger partial charge in [0.05, 0.1) is 11.4 Å². The zero-order valence-electron chi connectivity index (χ0n) is 14.7. The number of hydrogen-bond donors (Lipinski definition) is 1. The van der Waals surface area contributed by atoms with Crippen LogP contribution in [0.1, 0.15) is 32.6 Å². The Hall–Kier alpha value is -1.48. The Balaban J connectivity index is 2.25. The van der Waals surface area contributed by atoms with Gasteiger partial charge in [-0.15, -0.1) is 0 Å². The van der Waals surface area contributed by atoms with Crippen molar-refractivity contribution in [2.24, 2.45) is 0 Å². The monoisotopic (exact) mass is 301 g/mol. The third-order valence-corrected chi connectivity index (χ3v) is 5.48. The molecular weight excluding hydrogens is 270 g/mol. The predicted octanol–water partition coefficient (Wildman–Crippen LogP) is 3.29. The highest BCUT2D eigenvalue weighted by molar-refractivity contribution is 5.35. The predicted molar refractivity (Wildman–Crippen MR) is 95.6 cm³/mol. The minimum atomic E-state index is 0.107. The molecule has 1 heterocycles. The lowest BCUT2D eigenvalue weighted by Crippen LogP contribution is -2.55. The van der Waals surface area contributed by atoms with Crippen LogP contribution in [0.3, 0.4) is 0 Å². The maximum atomic E-state index is 4.12. The molecule has 2 rings (SSSR count). The normalized spacial score (nSPS) is 33.0. The molecule has 0 amide bonds. The lowest BCUT2D eigenvalue weighted by Gasteiger charge is -2.49. The van der Waals surface area contributed by atoms with Gasteiger partial charge in [0, 0.05) is 19.1 Å². The standard InChI is InChI=1S/C19H31N3/c1-7-9-17(10-8-2)19(21(4)5)13-11-18(12-14-19)15-22(6)16(3)20-18/h7-10,20H,1,3,11-15H2,2,4-6H3/b10-8-,17-9+. The van der Waals surface area contributed by atoms with Gasteiger partial charge < -0.3 is 10.2 Å². The van der Waals surface area contributed by atoms with E-state index in [0.717, 1.165) is 25.2 Å². The van der Waals surface area contributed by atoms with Crippen molar-refractivity contribution < 1.29 is 0 Å². The number of nitrogens with zero attached hydrogens (tertiary/aromatic N) is 2. The molecule has 2 fully saturated rings. The molecule has 122 valence electrons. The zero-order valence-corrected chi connectivity index (χ0v) is 14.7. The number of allylic oxidation sites excluding steroid dienone is 3. The van der Waals surface area contributed by atoms with Crippen LogP contribution in [0.25, 0.3) is 0 Å². The first kappa shape index (κ1) is 16.9. The van der Waals surface area contributed by atoms with Crippen molar-refractivity contribution in [3.63, 3.8) is 0 Å². The van der Waals surface area contributed by atoms with Gasteiger partial charge in [0.1, 0.15) is 0 Å². The van der Waals surface area contributed by atoms with Crippen LogP contribution < -0.4 is 5.32 Å². The molecule has 1 spiro atoms. The van der Waals surface area contributed by atoms with Crippen LogP contribution in [-0.2, 0) is 0 Å². The van der Waals surface area contributed by atoms with Crippen LogP contribution in [0.15, 0.2) is 48.9 Å². The molecule has 22 heavy (non-hydrogen) atoms. The van der Waals surface area contributed by atoms with E-state index in [9.17, 15) is 0 Å². The SMILES string of the molecule is C=C/C=C(\C=C/C)C1(N(C)C)CCC2(CC1)CN(C)C(=C)N2. The maximum absolute atomic E-state index is 4.12. The summed E-state index contributed by atoms with van der Waals surface area (Å²) in [6, 6.07) is 0. The van der Waals surface area contributed by atoms with Gasteiger partial charge in [-0.25, -0.2) is 0 Å². The second kappa shape index (κ2) is 6.33. The highest BCUT2D eigenvalue weighted by Gasteiger charge is 2.48. The first-order valence-corrected chi connectivity index (χ1v) is 8.21. The second-order valence-electron chi connectivity index (χ2n) is 6.99. The van der Waals surface area contributed by atoms with Crippen molar-refractivity contribution in [3.8, 4) is 0 Å². The van der Waals surface area contributed by atoms with Crippen LogP contribution in [0, 0.1) is 0 Å². The van der Waals surface area contributed by atoms with Crippen molar-refractivity contribution >= 4 is 0 Å². The molecule has 0 atom stereocenters. The van der Waals surface area contributed by atoms with E-state index in [0.29, 0.717) is 0 Å². The fourth-order valence-corrected chi connectivity index (χ4v) is 4.08. The summed E-state index contributed by atoms with van der Waals surface area (Å²) in [6.07, 6.45) is 13.1. The molecule has 1 aliphatic carbocycles. The number of hydrogen-bond acceptors (Lipinski definition) is 3. The topological polar surface area (TPSA) is 18.5 Å². The maximum Gasteiger partial charge on any atom is 0.0941 e. The van der Waals surface area contributed by atoms with Crippen molar-refractivity contribution in [2.45, 2.75) is 43.7 Å². The van der Waals surface area contributed by atoms with Gasteiger partial charge in [-0.1, -0.05) is 37.5 Å². The number of likely N-dealkylation sites (N-methyl/N-ethyl adjacent to an activating group) is 2. The molecule has 0 bridgehead atoms. The molecule has 1 saturated heterocycles. The molecule has 0 radical (unpaired) electrons. The van der Waals surface area contributed by atoms with Crippen molar-refractivity contribution in [2.75, 3.05) is 27.7 Å². The summed E-state index contributed by atoms with van der Waals surface area (Å²) in [7, 11) is 6.53. The minimum absolute atomic E-state index is 0.107. The fourth-order valence-electron chi connectivity index (χ4n) is 4.08. The Morgan fingerprint density at radius 1 is 1.27 bits per heavy atom. The molecule has 0 aromatic rings. The highest BCUT2D eigenvalue weighted by Crippen LogP contribution is 2.44. The Morgan fingerprint density at radius 3 is 2.32 bits per heavy atom. The average molecular weight is 301 g/mol. The van der Waals surface area contributed by atoms with Crippen molar-refractivity contribution in [1.82, 2.24) is 15.1 Å². The van der Waals surface area contributed by atoms with E-state index >= 15 is 0 Å². The number of nitrogens with one attached hydrogen (secondary N) is 1. The number of rotatable bonds is 4. The summed E-state index contributed by atoms with van der Waals surface area (Å²) in [5.74, 6) is 1.06. The summed E-state index contributed by atoms with van der Waals surface area (Å²) in [6.45, 7) is 11.2. The van der Waals surface area contributed by atoms with E-state index in [-0.39, 0.29) is 11.1 Å². The van der Waals surface area contributed by atoms with E-state index in [1.54, 1.807) is 0 Å². The van der Waals surface area contributed by atoms with Gasteiger partial charge in [0.15, 0.2) is 0 Å². The van der Waals surface area contributed by atoms with E-state index in [4.69, 9.17) is 0 Å². The molecule has 1 saturated carbocycles. The molecule has 3 heteroatoms. The van der Waals surface area contributed by atoms with E-state index in [1.165, 1.54) is 18.4 Å². The van der Waals surface area contributed by atoms with Crippen molar-refractivity contribution in [3.05, 3.63) is 48.9 Å². The average Bonchev–Trinajstić information content (AvgIpc) is 2.74. The second-order valence-corrected chi connectivity index (χ2v) is 6.99. The van der Waals surface area contributed by atoms with E-state index < -0.39 is 0 Å². The summed E-state index contributed by atoms with van der Waals surface area (Å²) < 4.78 is 0. The molecular formula is C19H31N3. The first-order valence-electron chi connectivity index (χ1n) is 8.21. The third kappa shape index (κ3) is 2.87. The Labute approximate surface area is 136 Å². The van der Waals surface area contributed by atoms with Gasteiger partial charge in [-0.05, 0) is 52.3 Å². The third-order valence-electron chi connectivity index (χ3n) is 5.48. The van der Waals surface area contributed by atoms with Crippen LogP contribution in [0.4, 0.5) is 0 Å².